The molecule has 1 amide bonds. The van der Waals surface area contributed by atoms with Crippen LogP contribution in [0.5, 0.6) is 11.5 Å². The van der Waals surface area contributed by atoms with Crippen LogP contribution in [0.2, 0.25) is 0 Å². The molecule has 25 heavy (non-hydrogen) atoms. The third-order valence-corrected chi connectivity index (χ3v) is 4.04. The number of amides is 1. The van der Waals surface area contributed by atoms with Gasteiger partial charge in [-0.2, -0.15) is 0 Å². The van der Waals surface area contributed by atoms with E-state index >= 15 is 0 Å². The summed E-state index contributed by atoms with van der Waals surface area (Å²) in [7, 11) is 1.55. The van der Waals surface area contributed by atoms with Crippen LogP contribution in [-0.2, 0) is 6.54 Å². The fourth-order valence-electron chi connectivity index (χ4n) is 2.78. The maximum atomic E-state index is 12.7. The van der Waals surface area contributed by atoms with Gasteiger partial charge in [-0.05, 0) is 43.3 Å². The number of ether oxygens (including phenoxy) is 1. The molecule has 1 aromatic heterocycles. The summed E-state index contributed by atoms with van der Waals surface area (Å²) < 4.78 is 6.54. The number of para-hydroxylation sites is 1. The van der Waals surface area contributed by atoms with Gasteiger partial charge >= 0.3 is 0 Å². The van der Waals surface area contributed by atoms with E-state index in [1.165, 1.54) is 4.57 Å². The van der Waals surface area contributed by atoms with Crippen LogP contribution in [-0.4, -0.2) is 22.7 Å². The van der Waals surface area contributed by atoms with Crippen molar-refractivity contribution in [3.05, 3.63) is 64.4 Å². The van der Waals surface area contributed by atoms with Crippen LogP contribution in [0.15, 0.2) is 53.3 Å². The molecule has 0 radical (unpaired) electrons. The number of pyridine rings is 1. The number of carbonyl (C=O) groups is 1. The van der Waals surface area contributed by atoms with E-state index in [1.54, 1.807) is 55.6 Å². The second kappa shape index (κ2) is 6.68. The Morgan fingerprint density at radius 3 is 2.48 bits per heavy atom. The first kappa shape index (κ1) is 16.6. The molecule has 6 nitrogen and oxygen atoms in total. The first-order valence-electron chi connectivity index (χ1n) is 7.86. The lowest BCUT2D eigenvalue weighted by Crippen LogP contribution is -2.29. The number of aromatic hydroxyl groups is 1. The maximum Gasteiger partial charge on any atom is 0.267 e. The van der Waals surface area contributed by atoms with Crippen LogP contribution in [0, 0.1) is 0 Å². The van der Waals surface area contributed by atoms with E-state index in [1.807, 2.05) is 6.92 Å². The third-order valence-electron chi connectivity index (χ3n) is 4.04. The average Bonchev–Trinajstić information content (AvgIpc) is 2.63. The molecular formula is C19H18N2O4. The molecule has 1 heterocycles. The molecule has 3 aromatic rings. The van der Waals surface area contributed by atoms with Crippen LogP contribution < -0.4 is 15.6 Å². The monoisotopic (exact) mass is 338 g/mol. The summed E-state index contributed by atoms with van der Waals surface area (Å²) in [5, 5.41) is 13.6. The number of rotatable bonds is 4. The van der Waals surface area contributed by atoms with E-state index in [0.717, 1.165) is 0 Å². The molecule has 0 saturated heterocycles. The molecular weight excluding hydrogens is 320 g/mol. The highest BCUT2D eigenvalue weighted by Gasteiger charge is 2.21. The van der Waals surface area contributed by atoms with Crippen LogP contribution in [0.25, 0.3) is 10.9 Å². The summed E-state index contributed by atoms with van der Waals surface area (Å²) in [6.07, 6.45) is 0. The summed E-state index contributed by atoms with van der Waals surface area (Å²) in [6, 6.07) is 13.7. The highest BCUT2D eigenvalue weighted by atomic mass is 16.5. The number of nitrogens with one attached hydrogen (secondary N) is 1. The quantitative estimate of drug-likeness (QED) is 0.766. The van der Waals surface area contributed by atoms with Gasteiger partial charge in [-0.3, -0.25) is 9.59 Å². The first-order chi connectivity index (χ1) is 12.1. The molecule has 0 unspecified atom stereocenters. The highest BCUT2D eigenvalue weighted by molar-refractivity contribution is 6.09. The highest BCUT2D eigenvalue weighted by Crippen LogP contribution is 2.27. The minimum absolute atomic E-state index is 0.267. The summed E-state index contributed by atoms with van der Waals surface area (Å²) in [6.45, 7) is 2.21. The lowest BCUT2D eigenvalue weighted by Gasteiger charge is -2.13. The van der Waals surface area contributed by atoms with Crippen LogP contribution in [0.1, 0.15) is 17.3 Å². The van der Waals surface area contributed by atoms with Gasteiger partial charge in [0.1, 0.15) is 17.1 Å². The van der Waals surface area contributed by atoms with Gasteiger partial charge in [0.2, 0.25) is 0 Å². The standard InChI is InChI=1S/C19H18N2O4/c1-3-21-15-7-5-4-6-14(15)17(22)16(19(21)24)18(23)20-12-8-10-13(25-2)11-9-12/h4-11,22H,3H2,1-2H3,(H,20,23). The van der Waals surface area contributed by atoms with Crippen LogP contribution >= 0.6 is 0 Å². The van der Waals surface area contributed by atoms with Crippen molar-refractivity contribution in [3.63, 3.8) is 0 Å². The van der Waals surface area contributed by atoms with Crippen molar-refractivity contribution in [1.82, 2.24) is 4.57 Å². The number of benzene rings is 2. The zero-order valence-corrected chi connectivity index (χ0v) is 13.9. The number of fused-ring (bicyclic) bond motifs is 1. The molecule has 0 spiro atoms. The van der Waals surface area contributed by atoms with E-state index in [4.69, 9.17) is 4.74 Å². The van der Waals surface area contributed by atoms with Gasteiger partial charge in [0.25, 0.3) is 11.5 Å². The number of aryl methyl sites for hydroxylation is 1. The lowest BCUT2D eigenvalue weighted by molar-refractivity contribution is 0.102. The van der Waals surface area contributed by atoms with E-state index in [-0.39, 0.29) is 11.3 Å². The fourth-order valence-corrected chi connectivity index (χ4v) is 2.78. The number of hydrogen-bond acceptors (Lipinski definition) is 4. The van der Waals surface area contributed by atoms with Gasteiger partial charge in [-0.15, -0.1) is 0 Å². The number of carbonyl (C=O) groups excluding carboxylic acids is 1. The number of nitrogens with zero attached hydrogens (tertiary/aromatic N) is 1. The smallest absolute Gasteiger partial charge is 0.267 e. The first-order valence-corrected chi connectivity index (χ1v) is 7.86. The predicted octanol–water partition coefficient (Wildman–Crippen LogP) is 2.99. The minimum atomic E-state index is -0.652. The molecule has 3 rings (SSSR count). The molecule has 6 heteroatoms. The molecule has 2 aromatic carbocycles. The second-order valence-corrected chi connectivity index (χ2v) is 5.47. The van der Waals surface area contributed by atoms with Gasteiger partial charge in [0, 0.05) is 17.6 Å². The van der Waals surface area contributed by atoms with Gasteiger partial charge in [0.15, 0.2) is 0 Å². The Balaban J connectivity index is 2.07. The molecule has 2 N–H and O–H groups in total. The minimum Gasteiger partial charge on any atom is -0.506 e. The van der Waals surface area contributed by atoms with E-state index in [0.29, 0.717) is 28.9 Å². The van der Waals surface area contributed by atoms with Crippen molar-refractivity contribution in [1.29, 1.82) is 0 Å². The maximum absolute atomic E-state index is 12.7. The Labute approximate surface area is 144 Å². The number of methoxy groups -OCH3 is 1. The number of hydrogen-bond donors (Lipinski definition) is 2. The molecule has 0 fully saturated rings. The van der Waals surface area contributed by atoms with Crippen molar-refractivity contribution < 1.29 is 14.6 Å². The van der Waals surface area contributed by atoms with Crippen molar-refractivity contribution >= 4 is 22.5 Å². The van der Waals surface area contributed by atoms with Gasteiger partial charge < -0.3 is 19.7 Å². The Bertz CT molecular complexity index is 991. The summed E-state index contributed by atoms with van der Waals surface area (Å²) in [5.41, 5.74) is 0.301. The molecule has 0 saturated carbocycles. The molecule has 128 valence electrons. The molecule has 0 aliphatic rings. The Morgan fingerprint density at radius 2 is 1.84 bits per heavy atom. The largest absolute Gasteiger partial charge is 0.506 e. The zero-order chi connectivity index (χ0) is 18.0. The van der Waals surface area contributed by atoms with Gasteiger partial charge in [0.05, 0.1) is 12.6 Å². The summed E-state index contributed by atoms with van der Waals surface area (Å²) >= 11 is 0. The summed E-state index contributed by atoms with van der Waals surface area (Å²) in [4.78, 5) is 25.3. The Kier molecular flexibility index (Phi) is 4.43. The van der Waals surface area contributed by atoms with Crippen molar-refractivity contribution in [3.8, 4) is 11.5 Å². The third kappa shape index (κ3) is 2.94. The molecule has 0 atom stereocenters. The molecule has 0 aliphatic heterocycles. The van der Waals surface area contributed by atoms with Gasteiger partial charge in [-0.1, -0.05) is 12.1 Å². The normalized spacial score (nSPS) is 10.6. The number of aromatic nitrogens is 1. The Morgan fingerprint density at radius 1 is 1.16 bits per heavy atom. The summed E-state index contributed by atoms with van der Waals surface area (Å²) in [5.74, 6) is -0.308. The van der Waals surface area contributed by atoms with E-state index in [2.05, 4.69) is 5.32 Å². The van der Waals surface area contributed by atoms with Crippen molar-refractivity contribution in [2.45, 2.75) is 13.5 Å². The van der Waals surface area contributed by atoms with Crippen LogP contribution in [0.4, 0.5) is 5.69 Å². The van der Waals surface area contributed by atoms with Crippen molar-refractivity contribution in [2.75, 3.05) is 12.4 Å². The lowest BCUT2D eigenvalue weighted by atomic mass is 10.1. The topological polar surface area (TPSA) is 80.6 Å². The SMILES string of the molecule is CCn1c(=O)c(C(=O)Nc2ccc(OC)cc2)c(O)c2ccccc21. The predicted molar refractivity (Wildman–Crippen MR) is 96.5 cm³/mol. The molecule has 0 aliphatic carbocycles. The van der Waals surface area contributed by atoms with E-state index in [9.17, 15) is 14.7 Å². The molecule has 0 bridgehead atoms. The van der Waals surface area contributed by atoms with Crippen molar-refractivity contribution in [2.24, 2.45) is 0 Å². The average molecular weight is 338 g/mol. The van der Waals surface area contributed by atoms with Crippen LogP contribution in [0.3, 0.4) is 0 Å². The fraction of sp³-hybridized carbons (Fsp3) is 0.158. The number of anilines is 1. The van der Waals surface area contributed by atoms with E-state index < -0.39 is 11.5 Å². The second-order valence-electron chi connectivity index (χ2n) is 5.47. The zero-order valence-electron chi connectivity index (χ0n) is 13.9. The van der Waals surface area contributed by atoms with Gasteiger partial charge in [-0.25, -0.2) is 0 Å². The Hall–Kier alpha value is -3.28.